The predicted octanol–water partition coefficient (Wildman–Crippen LogP) is 3.48. The molecule has 1 aromatic heterocycles. The standard InChI is InChI=1S/C15H18ClN3O/c1-3-9-19-10-8-17-14(15(19)20)18-11(2)12-6-4-5-7-13(12)16/h4-8,10-11H,3,9H2,1-2H3,(H,17,18). The second kappa shape index (κ2) is 6.57. The number of hydrogen-bond acceptors (Lipinski definition) is 3. The van der Waals surface area contributed by atoms with Crippen molar-refractivity contribution in [2.45, 2.75) is 32.9 Å². The summed E-state index contributed by atoms with van der Waals surface area (Å²) in [7, 11) is 0. The highest BCUT2D eigenvalue weighted by molar-refractivity contribution is 6.31. The van der Waals surface area contributed by atoms with Crippen LogP contribution in [-0.4, -0.2) is 9.55 Å². The van der Waals surface area contributed by atoms with Gasteiger partial charge in [-0.15, -0.1) is 0 Å². The van der Waals surface area contributed by atoms with Gasteiger partial charge in [0, 0.05) is 24.0 Å². The Hall–Kier alpha value is -1.81. The molecule has 1 unspecified atom stereocenters. The lowest BCUT2D eigenvalue weighted by atomic mass is 10.1. The average Bonchev–Trinajstić information content (AvgIpc) is 2.44. The Balaban J connectivity index is 2.24. The molecule has 1 aromatic carbocycles. The van der Waals surface area contributed by atoms with E-state index in [4.69, 9.17) is 11.6 Å². The summed E-state index contributed by atoms with van der Waals surface area (Å²) in [5.41, 5.74) is 0.842. The number of hydrogen-bond donors (Lipinski definition) is 1. The number of nitrogens with one attached hydrogen (secondary N) is 1. The van der Waals surface area contributed by atoms with Crippen molar-refractivity contribution >= 4 is 17.4 Å². The molecule has 0 bridgehead atoms. The van der Waals surface area contributed by atoms with Crippen LogP contribution in [0.1, 0.15) is 31.9 Å². The van der Waals surface area contributed by atoms with Gasteiger partial charge in [-0.2, -0.15) is 0 Å². The largest absolute Gasteiger partial charge is 0.359 e. The number of aryl methyl sites for hydroxylation is 1. The van der Waals surface area contributed by atoms with Crippen LogP contribution < -0.4 is 10.9 Å². The number of benzene rings is 1. The van der Waals surface area contributed by atoms with E-state index in [9.17, 15) is 4.79 Å². The van der Waals surface area contributed by atoms with E-state index >= 15 is 0 Å². The topological polar surface area (TPSA) is 46.9 Å². The van der Waals surface area contributed by atoms with Crippen LogP contribution in [-0.2, 0) is 6.54 Å². The van der Waals surface area contributed by atoms with Crippen molar-refractivity contribution in [1.82, 2.24) is 9.55 Å². The van der Waals surface area contributed by atoms with Gasteiger partial charge in [-0.25, -0.2) is 4.98 Å². The Morgan fingerprint density at radius 3 is 2.85 bits per heavy atom. The van der Waals surface area contributed by atoms with Crippen molar-refractivity contribution in [3.05, 3.63) is 57.6 Å². The molecule has 0 aliphatic carbocycles. The highest BCUT2D eigenvalue weighted by Crippen LogP contribution is 2.24. The van der Waals surface area contributed by atoms with Gasteiger partial charge in [-0.3, -0.25) is 4.79 Å². The molecule has 0 radical (unpaired) electrons. The number of rotatable bonds is 5. The number of nitrogens with zero attached hydrogens (tertiary/aromatic N) is 2. The molecular formula is C15H18ClN3O. The van der Waals surface area contributed by atoms with Gasteiger partial charge in [0.2, 0.25) is 0 Å². The van der Waals surface area contributed by atoms with Crippen molar-refractivity contribution in [2.24, 2.45) is 0 Å². The summed E-state index contributed by atoms with van der Waals surface area (Å²) in [6.45, 7) is 4.68. The zero-order valence-corrected chi connectivity index (χ0v) is 12.4. The van der Waals surface area contributed by atoms with Gasteiger partial charge in [0.1, 0.15) is 0 Å². The van der Waals surface area contributed by atoms with E-state index < -0.39 is 0 Å². The van der Waals surface area contributed by atoms with Crippen molar-refractivity contribution in [3.8, 4) is 0 Å². The van der Waals surface area contributed by atoms with Gasteiger partial charge in [0.15, 0.2) is 5.82 Å². The maximum atomic E-state index is 12.2. The predicted molar refractivity (Wildman–Crippen MR) is 82.3 cm³/mol. The third-order valence-electron chi connectivity index (χ3n) is 3.10. The summed E-state index contributed by atoms with van der Waals surface area (Å²) in [6.07, 6.45) is 4.25. The Morgan fingerprint density at radius 2 is 2.15 bits per heavy atom. The van der Waals surface area contributed by atoms with Crippen LogP contribution in [0.3, 0.4) is 0 Å². The van der Waals surface area contributed by atoms with Crippen LogP contribution in [0, 0.1) is 0 Å². The molecular weight excluding hydrogens is 274 g/mol. The minimum absolute atomic E-state index is 0.0821. The molecule has 20 heavy (non-hydrogen) atoms. The van der Waals surface area contributed by atoms with Gasteiger partial charge in [-0.05, 0) is 25.0 Å². The summed E-state index contributed by atoms with van der Waals surface area (Å²) in [5.74, 6) is 0.355. The van der Waals surface area contributed by atoms with Crippen LogP contribution >= 0.6 is 11.6 Å². The van der Waals surface area contributed by atoms with E-state index in [0.717, 1.165) is 12.0 Å². The lowest BCUT2D eigenvalue weighted by molar-refractivity contribution is 0.648. The van der Waals surface area contributed by atoms with Crippen molar-refractivity contribution in [2.75, 3.05) is 5.32 Å². The van der Waals surface area contributed by atoms with E-state index in [2.05, 4.69) is 10.3 Å². The highest BCUT2D eigenvalue weighted by atomic mass is 35.5. The molecule has 0 fully saturated rings. The number of halogens is 1. The first-order valence-electron chi connectivity index (χ1n) is 6.70. The van der Waals surface area contributed by atoms with E-state index in [1.54, 1.807) is 17.0 Å². The first kappa shape index (κ1) is 14.6. The SMILES string of the molecule is CCCn1ccnc(NC(C)c2ccccc2Cl)c1=O. The molecule has 2 rings (SSSR count). The molecule has 106 valence electrons. The fourth-order valence-electron chi connectivity index (χ4n) is 2.07. The fourth-order valence-corrected chi connectivity index (χ4v) is 2.37. The molecule has 4 nitrogen and oxygen atoms in total. The molecule has 0 spiro atoms. The fraction of sp³-hybridized carbons (Fsp3) is 0.333. The Morgan fingerprint density at radius 1 is 1.40 bits per heavy atom. The highest BCUT2D eigenvalue weighted by Gasteiger charge is 2.12. The summed E-state index contributed by atoms with van der Waals surface area (Å²) in [6, 6.07) is 7.50. The molecule has 1 N–H and O–H groups in total. The third-order valence-corrected chi connectivity index (χ3v) is 3.45. The summed E-state index contributed by atoms with van der Waals surface area (Å²) < 4.78 is 1.66. The maximum Gasteiger partial charge on any atom is 0.293 e. The number of anilines is 1. The van der Waals surface area contributed by atoms with Crippen LogP contribution in [0.4, 0.5) is 5.82 Å². The zero-order chi connectivity index (χ0) is 14.5. The van der Waals surface area contributed by atoms with Gasteiger partial charge >= 0.3 is 0 Å². The molecule has 0 aliphatic rings. The van der Waals surface area contributed by atoms with E-state index in [0.29, 0.717) is 17.4 Å². The zero-order valence-electron chi connectivity index (χ0n) is 11.6. The van der Waals surface area contributed by atoms with Crippen LogP contribution in [0.25, 0.3) is 0 Å². The Bertz CT molecular complexity index is 639. The van der Waals surface area contributed by atoms with Crippen molar-refractivity contribution in [3.63, 3.8) is 0 Å². The van der Waals surface area contributed by atoms with Gasteiger partial charge in [0.05, 0.1) is 6.04 Å². The van der Waals surface area contributed by atoms with Crippen molar-refractivity contribution < 1.29 is 0 Å². The van der Waals surface area contributed by atoms with Crippen LogP contribution in [0.2, 0.25) is 5.02 Å². The van der Waals surface area contributed by atoms with Gasteiger partial charge in [0.25, 0.3) is 5.56 Å². The second-order valence-electron chi connectivity index (χ2n) is 4.66. The monoisotopic (exact) mass is 291 g/mol. The lowest BCUT2D eigenvalue weighted by Gasteiger charge is -2.16. The van der Waals surface area contributed by atoms with Gasteiger partial charge < -0.3 is 9.88 Å². The average molecular weight is 292 g/mol. The van der Waals surface area contributed by atoms with Crippen LogP contribution in [0.15, 0.2) is 41.5 Å². The normalized spacial score (nSPS) is 12.2. The third kappa shape index (κ3) is 3.20. The maximum absolute atomic E-state index is 12.2. The van der Waals surface area contributed by atoms with Gasteiger partial charge in [-0.1, -0.05) is 36.7 Å². The molecule has 0 saturated heterocycles. The van der Waals surface area contributed by atoms with Crippen molar-refractivity contribution in [1.29, 1.82) is 0 Å². The van der Waals surface area contributed by atoms with E-state index in [1.165, 1.54) is 0 Å². The van der Waals surface area contributed by atoms with Crippen LogP contribution in [0.5, 0.6) is 0 Å². The molecule has 1 atom stereocenters. The first-order chi connectivity index (χ1) is 9.63. The van der Waals surface area contributed by atoms with E-state index in [1.807, 2.05) is 38.1 Å². The Labute approximate surface area is 123 Å². The smallest absolute Gasteiger partial charge is 0.293 e. The Kier molecular flexibility index (Phi) is 4.79. The molecule has 0 saturated carbocycles. The summed E-state index contributed by atoms with van der Waals surface area (Å²) >= 11 is 6.16. The molecule has 0 aliphatic heterocycles. The molecule has 2 aromatic rings. The minimum atomic E-state index is -0.103. The minimum Gasteiger partial charge on any atom is -0.359 e. The molecule has 5 heteroatoms. The lowest BCUT2D eigenvalue weighted by Crippen LogP contribution is -2.25. The first-order valence-corrected chi connectivity index (χ1v) is 7.07. The summed E-state index contributed by atoms with van der Waals surface area (Å²) in [5, 5.41) is 3.82. The quantitative estimate of drug-likeness (QED) is 0.917. The number of aromatic nitrogens is 2. The molecule has 0 amide bonds. The van der Waals surface area contributed by atoms with E-state index in [-0.39, 0.29) is 11.6 Å². The summed E-state index contributed by atoms with van der Waals surface area (Å²) in [4.78, 5) is 16.3. The second-order valence-corrected chi connectivity index (χ2v) is 5.07. The molecule has 1 heterocycles.